The van der Waals surface area contributed by atoms with Gasteiger partial charge < -0.3 is 14.4 Å². The van der Waals surface area contributed by atoms with E-state index in [0.29, 0.717) is 18.7 Å². The maximum atomic E-state index is 12.5. The van der Waals surface area contributed by atoms with Crippen molar-refractivity contribution >= 4 is 5.91 Å². The summed E-state index contributed by atoms with van der Waals surface area (Å²) in [6.45, 7) is 7.22. The van der Waals surface area contributed by atoms with Crippen LogP contribution in [0.1, 0.15) is 29.8 Å². The third-order valence-corrected chi connectivity index (χ3v) is 3.36. The van der Waals surface area contributed by atoms with Gasteiger partial charge in [0.15, 0.2) is 0 Å². The Bertz CT molecular complexity index is 462. The molecule has 0 aromatic heterocycles. The van der Waals surface area contributed by atoms with Crippen molar-refractivity contribution in [2.24, 2.45) is 0 Å². The van der Waals surface area contributed by atoms with Crippen LogP contribution in [0.5, 0.6) is 5.75 Å². The zero-order chi connectivity index (χ0) is 14.0. The highest BCUT2D eigenvalue weighted by molar-refractivity contribution is 5.94. The van der Waals surface area contributed by atoms with Gasteiger partial charge in [0.1, 0.15) is 5.75 Å². The first-order valence-electron chi connectivity index (χ1n) is 6.60. The number of rotatable bonds is 2. The summed E-state index contributed by atoms with van der Waals surface area (Å²) in [5.74, 6) is 0.792. The van der Waals surface area contributed by atoms with E-state index in [0.717, 1.165) is 11.3 Å². The molecule has 0 spiro atoms. The van der Waals surface area contributed by atoms with Crippen molar-refractivity contribution in [3.05, 3.63) is 29.3 Å². The largest absolute Gasteiger partial charge is 0.496 e. The summed E-state index contributed by atoms with van der Waals surface area (Å²) in [5, 5.41) is 0. The predicted molar refractivity (Wildman–Crippen MR) is 73.6 cm³/mol. The van der Waals surface area contributed by atoms with Gasteiger partial charge in [-0.05, 0) is 38.5 Å². The molecule has 2 atom stereocenters. The number of hydrogen-bond acceptors (Lipinski definition) is 3. The van der Waals surface area contributed by atoms with Crippen molar-refractivity contribution in [2.45, 2.75) is 33.0 Å². The normalized spacial score (nSPS) is 23.3. The van der Waals surface area contributed by atoms with E-state index in [1.165, 1.54) is 0 Å². The smallest absolute Gasteiger partial charge is 0.254 e. The van der Waals surface area contributed by atoms with Crippen LogP contribution in [-0.2, 0) is 4.74 Å². The Kier molecular flexibility index (Phi) is 4.10. The SMILES string of the molecule is COc1cc(C(=O)N2C[C@@H](C)O[C@H](C)C2)ccc1C. The number of morpholine rings is 1. The van der Waals surface area contributed by atoms with E-state index in [-0.39, 0.29) is 18.1 Å². The lowest BCUT2D eigenvalue weighted by Gasteiger charge is -2.35. The van der Waals surface area contributed by atoms with Crippen LogP contribution < -0.4 is 4.74 Å². The second-order valence-electron chi connectivity index (χ2n) is 5.15. The lowest BCUT2D eigenvalue weighted by Crippen LogP contribution is -2.48. The molecule has 0 bridgehead atoms. The Morgan fingerprint density at radius 3 is 2.53 bits per heavy atom. The summed E-state index contributed by atoms with van der Waals surface area (Å²) < 4.78 is 10.9. The maximum absolute atomic E-state index is 12.5. The number of benzene rings is 1. The highest BCUT2D eigenvalue weighted by Crippen LogP contribution is 2.21. The molecule has 0 unspecified atom stereocenters. The third kappa shape index (κ3) is 3.07. The molecule has 1 heterocycles. The number of ether oxygens (including phenoxy) is 2. The number of carbonyl (C=O) groups is 1. The molecule has 0 N–H and O–H groups in total. The fraction of sp³-hybridized carbons (Fsp3) is 0.533. The van der Waals surface area contributed by atoms with E-state index in [4.69, 9.17) is 9.47 Å². The van der Waals surface area contributed by atoms with Gasteiger partial charge in [-0.1, -0.05) is 6.07 Å². The van der Waals surface area contributed by atoms with E-state index >= 15 is 0 Å². The quantitative estimate of drug-likeness (QED) is 0.821. The Labute approximate surface area is 114 Å². The molecule has 1 fully saturated rings. The molecular formula is C15H21NO3. The number of methoxy groups -OCH3 is 1. The molecule has 2 rings (SSSR count). The molecule has 1 aromatic rings. The van der Waals surface area contributed by atoms with Gasteiger partial charge in [-0.2, -0.15) is 0 Å². The Hall–Kier alpha value is -1.55. The van der Waals surface area contributed by atoms with E-state index in [2.05, 4.69) is 0 Å². The lowest BCUT2D eigenvalue weighted by molar-refractivity contribution is -0.0586. The third-order valence-electron chi connectivity index (χ3n) is 3.36. The molecule has 1 aliphatic rings. The predicted octanol–water partition coefficient (Wildman–Crippen LogP) is 2.25. The summed E-state index contributed by atoms with van der Waals surface area (Å²) in [6, 6.07) is 5.58. The van der Waals surface area contributed by atoms with Crippen LogP contribution in [0.25, 0.3) is 0 Å². The first-order valence-corrected chi connectivity index (χ1v) is 6.60. The average molecular weight is 263 g/mol. The summed E-state index contributed by atoms with van der Waals surface area (Å²) in [5.41, 5.74) is 1.70. The molecule has 1 aromatic carbocycles. The topological polar surface area (TPSA) is 38.8 Å². The zero-order valence-electron chi connectivity index (χ0n) is 12.0. The van der Waals surface area contributed by atoms with E-state index in [1.807, 2.05) is 43.9 Å². The molecule has 1 aliphatic heterocycles. The van der Waals surface area contributed by atoms with Crippen LogP contribution in [0.2, 0.25) is 0 Å². The lowest BCUT2D eigenvalue weighted by atomic mass is 10.1. The van der Waals surface area contributed by atoms with Gasteiger partial charge in [0, 0.05) is 18.7 Å². The average Bonchev–Trinajstić information content (AvgIpc) is 2.37. The van der Waals surface area contributed by atoms with Crippen LogP contribution >= 0.6 is 0 Å². The van der Waals surface area contributed by atoms with Crippen LogP contribution in [0.3, 0.4) is 0 Å². The molecule has 0 radical (unpaired) electrons. The number of amides is 1. The van der Waals surface area contributed by atoms with E-state index in [9.17, 15) is 4.79 Å². The highest BCUT2D eigenvalue weighted by Gasteiger charge is 2.26. The van der Waals surface area contributed by atoms with E-state index in [1.54, 1.807) is 7.11 Å². The fourth-order valence-electron chi connectivity index (χ4n) is 2.48. The second kappa shape index (κ2) is 5.61. The monoisotopic (exact) mass is 263 g/mol. The molecule has 19 heavy (non-hydrogen) atoms. The van der Waals surface area contributed by atoms with Crippen molar-refractivity contribution in [2.75, 3.05) is 20.2 Å². The van der Waals surface area contributed by atoms with Gasteiger partial charge in [0.2, 0.25) is 0 Å². The van der Waals surface area contributed by atoms with Gasteiger partial charge in [0.25, 0.3) is 5.91 Å². The van der Waals surface area contributed by atoms with Crippen molar-refractivity contribution in [1.29, 1.82) is 0 Å². The summed E-state index contributed by atoms with van der Waals surface area (Å²) in [7, 11) is 1.62. The molecule has 0 saturated carbocycles. The molecule has 1 saturated heterocycles. The van der Waals surface area contributed by atoms with Crippen LogP contribution in [0.4, 0.5) is 0 Å². The fourth-order valence-corrected chi connectivity index (χ4v) is 2.48. The molecule has 104 valence electrons. The van der Waals surface area contributed by atoms with Crippen LogP contribution in [0, 0.1) is 6.92 Å². The molecule has 0 aliphatic carbocycles. The number of carbonyl (C=O) groups excluding carboxylic acids is 1. The minimum absolute atomic E-state index is 0.0419. The summed E-state index contributed by atoms with van der Waals surface area (Å²) >= 11 is 0. The van der Waals surface area contributed by atoms with Gasteiger partial charge in [-0.15, -0.1) is 0 Å². The standard InChI is InChI=1S/C15H21NO3/c1-10-5-6-13(7-14(10)18-4)15(17)16-8-11(2)19-12(3)9-16/h5-7,11-12H,8-9H2,1-4H3/t11-,12-/m1/s1. The summed E-state index contributed by atoms with van der Waals surface area (Å²) in [6.07, 6.45) is 0.167. The highest BCUT2D eigenvalue weighted by atomic mass is 16.5. The van der Waals surface area contributed by atoms with Crippen molar-refractivity contribution in [3.63, 3.8) is 0 Å². The van der Waals surface area contributed by atoms with Gasteiger partial charge >= 0.3 is 0 Å². The van der Waals surface area contributed by atoms with Gasteiger partial charge in [-0.3, -0.25) is 4.79 Å². The number of aryl methyl sites for hydroxylation is 1. The molecule has 1 amide bonds. The van der Waals surface area contributed by atoms with Crippen molar-refractivity contribution < 1.29 is 14.3 Å². The Morgan fingerprint density at radius 1 is 1.32 bits per heavy atom. The molecule has 4 heteroatoms. The number of nitrogens with zero attached hydrogens (tertiary/aromatic N) is 1. The minimum Gasteiger partial charge on any atom is -0.496 e. The van der Waals surface area contributed by atoms with Crippen molar-refractivity contribution in [1.82, 2.24) is 4.90 Å². The van der Waals surface area contributed by atoms with Crippen molar-refractivity contribution in [3.8, 4) is 5.75 Å². The van der Waals surface area contributed by atoms with Gasteiger partial charge in [0.05, 0.1) is 19.3 Å². The first kappa shape index (κ1) is 13.9. The zero-order valence-corrected chi connectivity index (χ0v) is 12.0. The minimum atomic E-state index is 0.0419. The van der Waals surface area contributed by atoms with Gasteiger partial charge in [-0.25, -0.2) is 0 Å². The summed E-state index contributed by atoms with van der Waals surface area (Å²) in [4.78, 5) is 14.3. The molecule has 4 nitrogen and oxygen atoms in total. The Balaban J connectivity index is 2.19. The first-order chi connectivity index (χ1) is 9.01. The van der Waals surface area contributed by atoms with Crippen LogP contribution in [-0.4, -0.2) is 43.2 Å². The molecular weight excluding hydrogens is 242 g/mol. The maximum Gasteiger partial charge on any atom is 0.254 e. The number of hydrogen-bond donors (Lipinski definition) is 0. The second-order valence-corrected chi connectivity index (χ2v) is 5.15. The van der Waals surface area contributed by atoms with Crippen LogP contribution in [0.15, 0.2) is 18.2 Å². The Morgan fingerprint density at radius 2 is 1.95 bits per heavy atom. The van der Waals surface area contributed by atoms with E-state index < -0.39 is 0 Å².